The van der Waals surface area contributed by atoms with Crippen molar-refractivity contribution in [2.75, 3.05) is 6.54 Å². The highest BCUT2D eigenvalue weighted by molar-refractivity contribution is 5.27. The summed E-state index contributed by atoms with van der Waals surface area (Å²) in [7, 11) is 0. The molecule has 0 heterocycles. The predicted molar refractivity (Wildman–Crippen MR) is 79.3 cm³/mol. The third kappa shape index (κ3) is 4.11. The maximum absolute atomic E-state index is 9.22. The van der Waals surface area contributed by atoms with Crippen molar-refractivity contribution >= 4 is 0 Å². The lowest BCUT2D eigenvalue weighted by molar-refractivity contribution is 0.475. The summed E-state index contributed by atoms with van der Waals surface area (Å²) in [5.74, 6) is 0.327. The summed E-state index contributed by atoms with van der Waals surface area (Å²) in [6.45, 7) is 4.06. The third-order valence-electron chi connectivity index (χ3n) is 3.34. The van der Waals surface area contributed by atoms with E-state index in [1.54, 1.807) is 12.1 Å². The number of aryl methyl sites for hydroxylation is 1. The average Bonchev–Trinajstić information content (AvgIpc) is 2.46. The number of phenolic OH excluding ortho intramolecular Hbond substituents is 1. The van der Waals surface area contributed by atoms with Gasteiger partial charge in [-0.25, -0.2) is 0 Å². The second-order valence-corrected chi connectivity index (χ2v) is 4.72. The summed E-state index contributed by atoms with van der Waals surface area (Å²) in [6, 6.07) is 16.0. The lowest BCUT2D eigenvalue weighted by atomic mass is 10.1. The quantitative estimate of drug-likeness (QED) is 0.776. The molecular formula is C17H21NO. The molecule has 19 heavy (non-hydrogen) atoms. The zero-order chi connectivity index (χ0) is 13.5. The van der Waals surface area contributed by atoms with Gasteiger partial charge in [-0.1, -0.05) is 43.3 Å². The summed E-state index contributed by atoms with van der Waals surface area (Å²) < 4.78 is 0. The molecule has 2 heteroatoms. The Labute approximate surface area is 115 Å². The van der Waals surface area contributed by atoms with E-state index in [4.69, 9.17) is 0 Å². The van der Waals surface area contributed by atoms with Crippen LogP contribution in [0, 0.1) is 0 Å². The van der Waals surface area contributed by atoms with E-state index in [0.29, 0.717) is 5.75 Å². The van der Waals surface area contributed by atoms with Crippen molar-refractivity contribution in [3.63, 3.8) is 0 Å². The number of aromatic hydroxyl groups is 1. The molecule has 0 bridgehead atoms. The van der Waals surface area contributed by atoms with Gasteiger partial charge in [-0.15, -0.1) is 0 Å². The molecule has 100 valence electrons. The van der Waals surface area contributed by atoms with Crippen LogP contribution in [0.2, 0.25) is 0 Å². The number of phenols is 1. The standard InChI is InChI=1S/C17H21NO/c1-2-15-5-3-4-6-16(15)13-18-12-11-14-7-9-17(19)10-8-14/h3-10,18-19H,2,11-13H2,1H3. The molecule has 0 unspecified atom stereocenters. The molecule has 0 aliphatic heterocycles. The molecule has 0 fully saturated rings. The molecule has 0 saturated heterocycles. The summed E-state index contributed by atoms with van der Waals surface area (Å²) in [5, 5.41) is 12.7. The van der Waals surface area contributed by atoms with Crippen molar-refractivity contribution in [3.05, 3.63) is 65.2 Å². The van der Waals surface area contributed by atoms with Gasteiger partial charge in [-0.05, 0) is 48.2 Å². The van der Waals surface area contributed by atoms with Crippen LogP contribution in [0.15, 0.2) is 48.5 Å². The van der Waals surface area contributed by atoms with Gasteiger partial charge >= 0.3 is 0 Å². The van der Waals surface area contributed by atoms with E-state index in [-0.39, 0.29) is 0 Å². The van der Waals surface area contributed by atoms with Crippen LogP contribution in [0.25, 0.3) is 0 Å². The van der Waals surface area contributed by atoms with E-state index >= 15 is 0 Å². The maximum atomic E-state index is 9.22. The first kappa shape index (κ1) is 13.6. The molecule has 2 aromatic rings. The second kappa shape index (κ2) is 6.95. The van der Waals surface area contributed by atoms with Crippen LogP contribution in [0.4, 0.5) is 0 Å². The molecule has 2 rings (SSSR count). The zero-order valence-corrected chi connectivity index (χ0v) is 11.4. The van der Waals surface area contributed by atoms with Gasteiger partial charge in [0.15, 0.2) is 0 Å². The molecule has 0 aliphatic rings. The van der Waals surface area contributed by atoms with Crippen molar-refractivity contribution in [2.45, 2.75) is 26.3 Å². The highest BCUT2D eigenvalue weighted by Crippen LogP contribution is 2.11. The molecule has 0 aliphatic carbocycles. The van der Waals surface area contributed by atoms with Crippen LogP contribution in [-0.2, 0) is 19.4 Å². The molecule has 0 aromatic heterocycles. The summed E-state index contributed by atoms with van der Waals surface area (Å²) in [6.07, 6.45) is 2.06. The first-order valence-electron chi connectivity index (χ1n) is 6.85. The molecule has 0 amide bonds. The Hall–Kier alpha value is -1.80. The van der Waals surface area contributed by atoms with E-state index in [1.165, 1.54) is 16.7 Å². The summed E-state index contributed by atoms with van der Waals surface area (Å²) in [4.78, 5) is 0. The normalized spacial score (nSPS) is 10.6. The van der Waals surface area contributed by atoms with Crippen LogP contribution in [0.1, 0.15) is 23.6 Å². The molecule has 2 aromatic carbocycles. The fraction of sp³-hybridized carbons (Fsp3) is 0.294. The molecule has 2 N–H and O–H groups in total. The maximum Gasteiger partial charge on any atom is 0.115 e. The van der Waals surface area contributed by atoms with Gasteiger partial charge in [0.25, 0.3) is 0 Å². The minimum Gasteiger partial charge on any atom is -0.508 e. The molecule has 0 atom stereocenters. The number of benzene rings is 2. The van der Waals surface area contributed by atoms with E-state index in [1.807, 2.05) is 12.1 Å². The first-order valence-corrected chi connectivity index (χ1v) is 6.85. The fourth-order valence-corrected chi connectivity index (χ4v) is 2.19. The number of hydrogen-bond donors (Lipinski definition) is 2. The fourth-order valence-electron chi connectivity index (χ4n) is 2.19. The lowest BCUT2D eigenvalue weighted by Crippen LogP contribution is -2.17. The smallest absolute Gasteiger partial charge is 0.115 e. The van der Waals surface area contributed by atoms with Gasteiger partial charge in [0.1, 0.15) is 5.75 Å². The lowest BCUT2D eigenvalue weighted by Gasteiger charge is -2.09. The van der Waals surface area contributed by atoms with Gasteiger partial charge < -0.3 is 10.4 Å². The SMILES string of the molecule is CCc1ccccc1CNCCc1ccc(O)cc1. The van der Waals surface area contributed by atoms with Crippen molar-refractivity contribution in [2.24, 2.45) is 0 Å². The van der Waals surface area contributed by atoms with Crippen LogP contribution in [0.3, 0.4) is 0 Å². The monoisotopic (exact) mass is 255 g/mol. The Kier molecular flexibility index (Phi) is 4.99. The Morgan fingerprint density at radius 1 is 0.947 bits per heavy atom. The van der Waals surface area contributed by atoms with E-state index in [9.17, 15) is 5.11 Å². The highest BCUT2D eigenvalue weighted by Gasteiger charge is 1.99. The summed E-state index contributed by atoms with van der Waals surface area (Å²) in [5.41, 5.74) is 4.05. The van der Waals surface area contributed by atoms with Crippen molar-refractivity contribution < 1.29 is 5.11 Å². The van der Waals surface area contributed by atoms with Crippen LogP contribution in [-0.4, -0.2) is 11.7 Å². The van der Waals surface area contributed by atoms with Gasteiger partial charge in [0.2, 0.25) is 0 Å². The highest BCUT2D eigenvalue weighted by atomic mass is 16.3. The minimum atomic E-state index is 0.327. The number of hydrogen-bond acceptors (Lipinski definition) is 2. The third-order valence-corrected chi connectivity index (χ3v) is 3.34. The van der Waals surface area contributed by atoms with Crippen molar-refractivity contribution in [1.29, 1.82) is 0 Å². The van der Waals surface area contributed by atoms with Gasteiger partial charge in [0, 0.05) is 6.54 Å². The molecule has 0 spiro atoms. The Morgan fingerprint density at radius 3 is 2.32 bits per heavy atom. The van der Waals surface area contributed by atoms with Crippen molar-refractivity contribution in [1.82, 2.24) is 5.32 Å². The predicted octanol–water partition coefficient (Wildman–Crippen LogP) is 3.29. The Morgan fingerprint density at radius 2 is 1.63 bits per heavy atom. The minimum absolute atomic E-state index is 0.327. The Balaban J connectivity index is 1.79. The number of nitrogens with one attached hydrogen (secondary N) is 1. The average molecular weight is 255 g/mol. The molecular weight excluding hydrogens is 234 g/mol. The zero-order valence-electron chi connectivity index (χ0n) is 11.4. The summed E-state index contributed by atoms with van der Waals surface area (Å²) >= 11 is 0. The van der Waals surface area contributed by atoms with E-state index in [0.717, 1.165) is 25.9 Å². The van der Waals surface area contributed by atoms with Gasteiger partial charge in [-0.2, -0.15) is 0 Å². The van der Waals surface area contributed by atoms with E-state index in [2.05, 4.69) is 36.5 Å². The molecule has 2 nitrogen and oxygen atoms in total. The van der Waals surface area contributed by atoms with E-state index < -0.39 is 0 Å². The van der Waals surface area contributed by atoms with Crippen LogP contribution < -0.4 is 5.32 Å². The van der Waals surface area contributed by atoms with Crippen LogP contribution in [0.5, 0.6) is 5.75 Å². The second-order valence-electron chi connectivity index (χ2n) is 4.72. The number of rotatable bonds is 6. The molecule has 0 radical (unpaired) electrons. The first-order chi connectivity index (χ1) is 9.29. The largest absolute Gasteiger partial charge is 0.508 e. The Bertz CT molecular complexity index is 505. The van der Waals surface area contributed by atoms with Gasteiger partial charge in [0.05, 0.1) is 0 Å². The van der Waals surface area contributed by atoms with Crippen LogP contribution >= 0.6 is 0 Å². The molecule has 0 saturated carbocycles. The van der Waals surface area contributed by atoms with Gasteiger partial charge in [-0.3, -0.25) is 0 Å². The van der Waals surface area contributed by atoms with Crippen molar-refractivity contribution in [3.8, 4) is 5.75 Å². The topological polar surface area (TPSA) is 32.3 Å².